The standard InChI is InChI=1S/C11H14N2O3/c1-8-2-3-10(13(14)15)9(6-8)11-7-12-4-5-16-11/h2-3,6,11-12H,4-5,7H2,1H3. The van der Waals surface area contributed by atoms with E-state index in [0.717, 1.165) is 12.1 Å². The van der Waals surface area contributed by atoms with Crippen molar-refractivity contribution in [2.75, 3.05) is 19.7 Å². The number of rotatable bonds is 2. The van der Waals surface area contributed by atoms with Crippen LogP contribution in [0.3, 0.4) is 0 Å². The minimum absolute atomic E-state index is 0.138. The van der Waals surface area contributed by atoms with Gasteiger partial charge < -0.3 is 10.1 Å². The molecular weight excluding hydrogens is 208 g/mol. The molecule has 1 aliphatic heterocycles. The van der Waals surface area contributed by atoms with Gasteiger partial charge in [0.2, 0.25) is 0 Å². The van der Waals surface area contributed by atoms with Crippen LogP contribution in [0.5, 0.6) is 0 Å². The maximum atomic E-state index is 10.9. The van der Waals surface area contributed by atoms with Crippen molar-refractivity contribution in [1.29, 1.82) is 0 Å². The maximum absolute atomic E-state index is 10.9. The third-order valence-corrected chi connectivity index (χ3v) is 2.65. The van der Waals surface area contributed by atoms with Gasteiger partial charge in [-0.15, -0.1) is 0 Å². The first-order valence-electron chi connectivity index (χ1n) is 5.26. The lowest BCUT2D eigenvalue weighted by Crippen LogP contribution is -2.33. The van der Waals surface area contributed by atoms with E-state index in [0.29, 0.717) is 18.7 Å². The van der Waals surface area contributed by atoms with Crippen molar-refractivity contribution in [3.63, 3.8) is 0 Å². The van der Waals surface area contributed by atoms with E-state index in [1.165, 1.54) is 0 Å². The molecule has 1 unspecified atom stereocenters. The number of nitro benzene ring substituents is 1. The van der Waals surface area contributed by atoms with Crippen LogP contribution in [0, 0.1) is 17.0 Å². The van der Waals surface area contributed by atoms with Crippen LogP contribution in [0.4, 0.5) is 5.69 Å². The summed E-state index contributed by atoms with van der Waals surface area (Å²) in [6.45, 7) is 3.94. The quantitative estimate of drug-likeness (QED) is 0.609. The van der Waals surface area contributed by atoms with Gasteiger partial charge in [0.15, 0.2) is 0 Å². The van der Waals surface area contributed by atoms with Crippen molar-refractivity contribution in [3.8, 4) is 0 Å². The Balaban J connectivity index is 2.36. The van der Waals surface area contributed by atoms with Crippen LogP contribution in [-0.2, 0) is 4.74 Å². The first-order chi connectivity index (χ1) is 7.68. The normalized spacial score (nSPS) is 20.7. The lowest BCUT2D eigenvalue weighted by molar-refractivity contribution is -0.386. The molecule has 0 spiro atoms. The highest BCUT2D eigenvalue weighted by Gasteiger charge is 2.24. The van der Waals surface area contributed by atoms with Crippen molar-refractivity contribution in [1.82, 2.24) is 5.32 Å². The maximum Gasteiger partial charge on any atom is 0.275 e. The Labute approximate surface area is 93.6 Å². The summed E-state index contributed by atoms with van der Waals surface area (Å²) in [5.74, 6) is 0. The summed E-state index contributed by atoms with van der Waals surface area (Å²) in [5.41, 5.74) is 1.81. The first-order valence-corrected chi connectivity index (χ1v) is 5.26. The van der Waals surface area contributed by atoms with Gasteiger partial charge in [0.1, 0.15) is 6.10 Å². The van der Waals surface area contributed by atoms with Gasteiger partial charge in [0.05, 0.1) is 17.1 Å². The molecule has 0 radical (unpaired) electrons. The number of aryl methyl sites for hydroxylation is 1. The second-order valence-electron chi connectivity index (χ2n) is 3.88. The van der Waals surface area contributed by atoms with Crippen LogP contribution < -0.4 is 5.32 Å². The summed E-state index contributed by atoms with van der Waals surface area (Å²) < 4.78 is 5.54. The second-order valence-corrected chi connectivity index (χ2v) is 3.88. The molecule has 1 N–H and O–H groups in total. The number of morpholine rings is 1. The zero-order valence-electron chi connectivity index (χ0n) is 9.10. The van der Waals surface area contributed by atoms with E-state index in [9.17, 15) is 10.1 Å². The van der Waals surface area contributed by atoms with Gasteiger partial charge in [-0.05, 0) is 13.0 Å². The summed E-state index contributed by atoms with van der Waals surface area (Å²) in [5, 5.41) is 14.1. The Morgan fingerprint density at radius 3 is 3.00 bits per heavy atom. The van der Waals surface area contributed by atoms with E-state index < -0.39 is 0 Å². The third kappa shape index (κ3) is 2.20. The lowest BCUT2D eigenvalue weighted by atomic mass is 10.0. The number of benzene rings is 1. The largest absolute Gasteiger partial charge is 0.371 e. The third-order valence-electron chi connectivity index (χ3n) is 2.65. The van der Waals surface area contributed by atoms with E-state index >= 15 is 0 Å². The topological polar surface area (TPSA) is 64.4 Å². The fourth-order valence-electron chi connectivity index (χ4n) is 1.86. The Morgan fingerprint density at radius 1 is 1.56 bits per heavy atom. The van der Waals surface area contributed by atoms with Crippen molar-refractivity contribution in [3.05, 3.63) is 39.4 Å². The molecule has 1 saturated heterocycles. The number of hydrogen-bond acceptors (Lipinski definition) is 4. The minimum Gasteiger partial charge on any atom is -0.371 e. The van der Waals surface area contributed by atoms with Crippen LogP contribution in [0.1, 0.15) is 17.2 Å². The average molecular weight is 222 g/mol. The molecule has 1 aromatic rings. The van der Waals surface area contributed by atoms with Gasteiger partial charge >= 0.3 is 0 Å². The van der Waals surface area contributed by atoms with Crippen molar-refractivity contribution in [2.45, 2.75) is 13.0 Å². The molecule has 1 atom stereocenters. The highest BCUT2D eigenvalue weighted by Crippen LogP contribution is 2.29. The molecule has 0 aliphatic carbocycles. The van der Waals surface area contributed by atoms with Gasteiger partial charge in [0.25, 0.3) is 5.69 Å². The Bertz CT molecular complexity index is 400. The number of hydrogen-bond donors (Lipinski definition) is 1. The van der Waals surface area contributed by atoms with Crippen LogP contribution in [-0.4, -0.2) is 24.6 Å². The molecule has 0 saturated carbocycles. The van der Waals surface area contributed by atoms with Crippen LogP contribution >= 0.6 is 0 Å². The molecule has 86 valence electrons. The van der Waals surface area contributed by atoms with E-state index in [2.05, 4.69) is 5.32 Å². The molecule has 1 heterocycles. The fraction of sp³-hybridized carbons (Fsp3) is 0.455. The minimum atomic E-state index is -0.354. The molecule has 1 aromatic carbocycles. The van der Waals surface area contributed by atoms with Crippen LogP contribution in [0.15, 0.2) is 18.2 Å². The fourth-order valence-corrected chi connectivity index (χ4v) is 1.86. The zero-order valence-corrected chi connectivity index (χ0v) is 9.10. The number of nitrogens with zero attached hydrogens (tertiary/aromatic N) is 1. The summed E-state index contributed by atoms with van der Waals surface area (Å²) in [4.78, 5) is 10.6. The highest BCUT2D eigenvalue weighted by atomic mass is 16.6. The molecule has 5 heteroatoms. The summed E-state index contributed by atoms with van der Waals surface area (Å²) >= 11 is 0. The van der Waals surface area contributed by atoms with Gasteiger partial charge in [-0.25, -0.2) is 0 Å². The molecule has 0 amide bonds. The SMILES string of the molecule is Cc1ccc([N+](=O)[O-])c(C2CNCCO2)c1. The number of nitrogens with one attached hydrogen (secondary N) is 1. The zero-order chi connectivity index (χ0) is 11.5. The number of nitro groups is 1. The van der Waals surface area contributed by atoms with E-state index in [1.54, 1.807) is 12.1 Å². The molecular formula is C11H14N2O3. The Hall–Kier alpha value is -1.46. The second kappa shape index (κ2) is 4.59. The van der Waals surface area contributed by atoms with Crippen molar-refractivity contribution >= 4 is 5.69 Å². The summed E-state index contributed by atoms with van der Waals surface area (Å²) in [7, 11) is 0. The average Bonchev–Trinajstić information content (AvgIpc) is 2.29. The molecule has 5 nitrogen and oxygen atoms in total. The first kappa shape index (κ1) is 11.0. The van der Waals surface area contributed by atoms with E-state index in [4.69, 9.17) is 4.74 Å². The van der Waals surface area contributed by atoms with Crippen LogP contribution in [0.25, 0.3) is 0 Å². The van der Waals surface area contributed by atoms with Crippen LogP contribution in [0.2, 0.25) is 0 Å². The van der Waals surface area contributed by atoms with E-state index in [-0.39, 0.29) is 16.7 Å². The van der Waals surface area contributed by atoms with Crippen molar-refractivity contribution in [2.24, 2.45) is 0 Å². The van der Waals surface area contributed by atoms with Gasteiger partial charge in [-0.3, -0.25) is 10.1 Å². The number of ether oxygens (including phenoxy) is 1. The molecule has 16 heavy (non-hydrogen) atoms. The van der Waals surface area contributed by atoms with Gasteiger partial charge in [0, 0.05) is 19.2 Å². The van der Waals surface area contributed by atoms with Gasteiger partial charge in [-0.1, -0.05) is 11.6 Å². The molecule has 2 rings (SSSR count). The van der Waals surface area contributed by atoms with Gasteiger partial charge in [-0.2, -0.15) is 0 Å². The molecule has 1 fully saturated rings. The monoisotopic (exact) mass is 222 g/mol. The Morgan fingerprint density at radius 2 is 2.38 bits per heavy atom. The van der Waals surface area contributed by atoms with E-state index in [1.807, 2.05) is 13.0 Å². The Kier molecular flexibility index (Phi) is 3.17. The molecule has 0 bridgehead atoms. The molecule has 1 aliphatic rings. The summed E-state index contributed by atoms with van der Waals surface area (Å²) in [6.07, 6.45) is -0.214. The predicted molar refractivity (Wildman–Crippen MR) is 59.4 cm³/mol. The van der Waals surface area contributed by atoms with Crippen molar-refractivity contribution < 1.29 is 9.66 Å². The highest BCUT2D eigenvalue weighted by molar-refractivity contribution is 5.44. The predicted octanol–water partition coefficient (Wildman–Crippen LogP) is 1.56. The lowest BCUT2D eigenvalue weighted by Gasteiger charge is -2.23. The summed E-state index contributed by atoms with van der Waals surface area (Å²) in [6, 6.07) is 5.12. The molecule has 0 aromatic heterocycles. The smallest absolute Gasteiger partial charge is 0.275 e.